The summed E-state index contributed by atoms with van der Waals surface area (Å²) in [5, 5.41) is 14.8. The Morgan fingerprint density at radius 2 is 1.75 bits per heavy atom. The minimum absolute atomic E-state index is 0.0421. The zero-order valence-corrected chi connectivity index (χ0v) is 32.1. The number of hydrogen-bond acceptors (Lipinski definition) is 12. The smallest absolute Gasteiger partial charge is 0.411 e. The van der Waals surface area contributed by atoms with Gasteiger partial charge in [-0.2, -0.15) is 14.0 Å². The average Bonchev–Trinajstić information content (AvgIpc) is 3.43. The third kappa shape index (κ3) is 8.97. The van der Waals surface area contributed by atoms with Gasteiger partial charge in [-0.25, -0.2) is 14.8 Å². The van der Waals surface area contributed by atoms with Crippen molar-refractivity contribution in [2.45, 2.75) is 55.8 Å². The zero-order valence-electron chi connectivity index (χ0n) is 30.6. The zero-order chi connectivity index (χ0) is 41.1. The molecule has 2 aliphatic heterocycles. The number of benzene rings is 3. The molecule has 4 aromatic rings. The molecule has 14 nitrogen and oxygen atoms in total. The number of ether oxygens (including phenoxy) is 3. The SMILES string of the molecule is CSc1nccc(COc2ccc(C(C)(C)c3cc(Cl)c(OCC(F)(F)COC(=O)Nc4ccc5c(c4)C(=O)N(C4CCC(=O)NC4=O)C5=O)c(C#N)c3)cc2)n1. The number of carbonyl (C=O) groups excluding carboxylic acids is 5. The molecule has 0 bridgehead atoms. The molecule has 0 spiro atoms. The first-order chi connectivity index (χ1) is 27.1. The highest BCUT2D eigenvalue weighted by Gasteiger charge is 2.45. The monoisotopic (exact) mass is 818 g/mol. The molecule has 0 radical (unpaired) electrons. The van der Waals surface area contributed by atoms with Gasteiger partial charge in [-0.1, -0.05) is 49.3 Å². The van der Waals surface area contributed by atoms with Gasteiger partial charge in [0.1, 0.15) is 24.5 Å². The number of piperidine rings is 1. The average molecular weight is 819 g/mol. The number of anilines is 1. The number of rotatable bonds is 13. The van der Waals surface area contributed by atoms with Gasteiger partial charge in [0.15, 0.2) is 24.1 Å². The first-order valence-corrected chi connectivity index (χ1v) is 18.8. The van der Waals surface area contributed by atoms with Crippen molar-refractivity contribution < 1.29 is 47.0 Å². The molecule has 57 heavy (non-hydrogen) atoms. The number of hydrogen-bond donors (Lipinski definition) is 2. The molecule has 3 heterocycles. The van der Waals surface area contributed by atoms with Gasteiger partial charge >= 0.3 is 12.0 Å². The van der Waals surface area contributed by atoms with Crippen LogP contribution in [-0.2, 0) is 26.3 Å². The Bertz CT molecular complexity index is 2320. The summed E-state index contributed by atoms with van der Waals surface area (Å²) in [6.45, 7) is 1.35. The van der Waals surface area contributed by atoms with Crippen molar-refractivity contribution in [1.82, 2.24) is 20.2 Å². The summed E-state index contributed by atoms with van der Waals surface area (Å²) in [5.41, 5.74) is 1.19. The number of nitrogens with one attached hydrogen (secondary N) is 2. The number of fused-ring (bicyclic) bond motifs is 1. The Morgan fingerprint density at radius 3 is 2.46 bits per heavy atom. The van der Waals surface area contributed by atoms with Gasteiger partial charge < -0.3 is 14.2 Å². The molecule has 1 fully saturated rings. The number of amides is 5. The maximum Gasteiger partial charge on any atom is 0.411 e. The topological polar surface area (TPSA) is 190 Å². The number of alkyl halides is 2. The van der Waals surface area contributed by atoms with Crippen LogP contribution in [-0.4, -0.2) is 76.0 Å². The second-order valence-corrected chi connectivity index (χ2v) is 14.7. The van der Waals surface area contributed by atoms with Gasteiger partial charge in [-0.3, -0.25) is 34.7 Å². The number of thioether (sulfide) groups is 1. The lowest BCUT2D eigenvalue weighted by Crippen LogP contribution is -2.54. The molecule has 294 valence electrons. The molecular weight excluding hydrogens is 786 g/mol. The normalized spacial score (nSPS) is 15.5. The van der Waals surface area contributed by atoms with Crippen molar-refractivity contribution in [3.05, 3.63) is 105 Å². The lowest BCUT2D eigenvalue weighted by Gasteiger charge is -2.27. The Hall–Kier alpha value is -6.12. The maximum atomic E-state index is 14.9. The molecule has 5 amide bonds. The van der Waals surface area contributed by atoms with Crippen LogP contribution in [0.4, 0.5) is 19.3 Å². The van der Waals surface area contributed by atoms with Crippen molar-refractivity contribution in [3.63, 3.8) is 0 Å². The number of nitriles is 1. The van der Waals surface area contributed by atoms with E-state index in [-0.39, 0.29) is 52.6 Å². The Balaban J connectivity index is 1.04. The Kier molecular flexibility index (Phi) is 11.8. The van der Waals surface area contributed by atoms with Crippen LogP contribution in [0.15, 0.2) is 72.0 Å². The lowest BCUT2D eigenvalue weighted by atomic mass is 9.77. The second-order valence-electron chi connectivity index (χ2n) is 13.5. The minimum atomic E-state index is -3.73. The van der Waals surface area contributed by atoms with Crippen LogP contribution >= 0.6 is 23.4 Å². The summed E-state index contributed by atoms with van der Waals surface area (Å²) in [4.78, 5) is 71.5. The van der Waals surface area contributed by atoms with Crippen LogP contribution < -0.4 is 20.1 Å². The van der Waals surface area contributed by atoms with Gasteiger partial charge in [0.05, 0.1) is 27.4 Å². The molecule has 2 N–H and O–H groups in total. The molecule has 1 saturated heterocycles. The standard InChI is InChI=1S/C39H33ClF2N6O8S/c1-38(2,22-4-7-26(8-5-22)54-18-25-12-13-44-36(45-25)57-3)23-14-21(17-43)32(29(40)15-23)55-19-39(41,42)20-56-37(53)46-24-6-9-27-28(16-24)35(52)48(34(27)51)30-10-11-31(49)47-33(30)50/h4-9,12-16,30H,10-11,18-20H2,1-3H3,(H,46,53)(H,47,49,50). The van der Waals surface area contributed by atoms with Gasteiger partial charge in [0.2, 0.25) is 11.8 Å². The third-order valence-electron chi connectivity index (χ3n) is 9.25. The van der Waals surface area contributed by atoms with E-state index in [2.05, 4.69) is 20.6 Å². The third-order valence-corrected chi connectivity index (χ3v) is 10.1. The van der Waals surface area contributed by atoms with Crippen molar-refractivity contribution >= 4 is 58.8 Å². The fourth-order valence-electron chi connectivity index (χ4n) is 6.12. The highest BCUT2D eigenvalue weighted by molar-refractivity contribution is 7.98. The van der Waals surface area contributed by atoms with Crippen LogP contribution in [0.25, 0.3) is 0 Å². The van der Waals surface area contributed by atoms with E-state index in [4.69, 9.17) is 25.8 Å². The van der Waals surface area contributed by atoms with Crippen LogP contribution in [0.3, 0.4) is 0 Å². The van der Waals surface area contributed by atoms with Gasteiger partial charge in [0.25, 0.3) is 11.8 Å². The summed E-state index contributed by atoms with van der Waals surface area (Å²) in [5.74, 6) is -6.28. The number of carbonyl (C=O) groups is 5. The highest BCUT2D eigenvalue weighted by atomic mass is 35.5. The fraction of sp³-hybridized carbons (Fsp3) is 0.282. The number of halogens is 3. The number of aromatic nitrogens is 2. The molecule has 2 aliphatic rings. The van der Waals surface area contributed by atoms with Gasteiger partial charge in [0, 0.05) is 23.7 Å². The van der Waals surface area contributed by atoms with Gasteiger partial charge in [-0.15, -0.1) is 0 Å². The van der Waals surface area contributed by atoms with Crippen LogP contribution in [0, 0.1) is 11.3 Å². The van der Waals surface area contributed by atoms with E-state index in [0.717, 1.165) is 22.2 Å². The van der Waals surface area contributed by atoms with E-state index < -0.39 is 60.3 Å². The van der Waals surface area contributed by atoms with Crippen molar-refractivity contribution in [2.75, 3.05) is 24.8 Å². The largest absolute Gasteiger partial charge is 0.487 e. The van der Waals surface area contributed by atoms with E-state index in [9.17, 15) is 38.0 Å². The van der Waals surface area contributed by atoms with Gasteiger partial charge in [-0.05, 0) is 72.3 Å². The molecule has 6 rings (SSSR count). The van der Waals surface area contributed by atoms with Crippen molar-refractivity contribution in [3.8, 4) is 17.6 Å². The Morgan fingerprint density at radius 1 is 1.02 bits per heavy atom. The van der Waals surface area contributed by atoms with E-state index in [1.54, 1.807) is 24.4 Å². The predicted octanol–water partition coefficient (Wildman–Crippen LogP) is 6.29. The van der Waals surface area contributed by atoms with E-state index >= 15 is 0 Å². The summed E-state index contributed by atoms with van der Waals surface area (Å²) in [6, 6.07) is 16.5. The Labute approximate surface area is 333 Å². The molecular formula is C39H33ClF2N6O8S. The maximum absolute atomic E-state index is 14.9. The molecule has 0 saturated carbocycles. The summed E-state index contributed by atoms with van der Waals surface area (Å²) < 4.78 is 45.8. The first kappa shape index (κ1) is 40.5. The minimum Gasteiger partial charge on any atom is -0.487 e. The van der Waals surface area contributed by atoms with E-state index in [1.165, 1.54) is 36.0 Å². The van der Waals surface area contributed by atoms with Crippen LogP contribution in [0.5, 0.6) is 11.5 Å². The second kappa shape index (κ2) is 16.5. The molecule has 3 aromatic carbocycles. The van der Waals surface area contributed by atoms with Crippen LogP contribution in [0.1, 0.15) is 69.8 Å². The van der Waals surface area contributed by atoms with Crippen molar-refractivity contribution in [2.24, 2.45) is 0 Å². The molecule has 1 unspecified atom stereocenters. The highest BCUT2D eigenvalue weighted by Crippen LogP contribution is 2.39. The summed E-state index contributed by atoms with van der Waals surface area (Å²) in [7, 11) is 0. The lowest BCUT2D eigenvalue weighted by molar-refractivity contribution is -0.136. The first-order valence-electron chi connectivity index (χ1n) is 17.2. The van der Waals surface area contributed by atoms with E-state index in [0.29, 0.717) is 16.5 Å². The predicted molar refractivity (Wildman–Crippen MR) is 201 cm³/mol. The fourth-order valence-corrected chi connectivity index (χ4v) is 6.77. The van der Waals surface area contributed by atoms with Crippen molar-refractivity contribution in [1.29, 1.82) is 5.26 Å². The van der Waals surface area contributed by atoms with E-state index in [1.807, 2.05) is 38.3 Å². The number of imide groups is 2. The molecule has 18 heteroatoms. The van der Waals surface area contributed by atoms with Crippen LogP contribution in [0.2, 0.25) is 5.02 Å². The number of nitrogens with zero attached hydrogens (tertiary/aromatic N) is 4. The molecule has 1 atom stereocenters. The molecule has 1 aromatic heterocycles. The molecule has 0 aliphatic carbocycles. The quantitative estimate of drug-likeness (QED) is 0.0873. The summed E-state index contributed by atoms with van der Waals surface area (Å²) >= 11 is 7.92. The summed E-state index contributed by atoms with van der Waals surface area (Å²) in [6.07, 6.45) is 2.15.